The second-order valence-corrected chi connectivity index (χ2v) is 4.86. The molecule has 1 aliphatic heterocycles. The van der Waals surface area contributed by atoms with Crippen molar-refractivity contribution >= 4 is 11.9 Å². The van der Waals surface area contributed by atoms with Crippen LogP contribution in [0.3, 0.4) is 0 Å². The van der Waals surface area contributed by atoms with Gasteiger partial charge in [0, 0.05) is 18.0 Å². The molecule has 0 amide bonds. The maximum Gasteiger partial charge on any atom is 0.0709 e. The molecule has 15 heavy (non-hydrogen) atoms. The fourth-order valence-corrected chi connectivity index (χ4v) is 2.34. The highest BCUT2D eigenvalue weighted by molar-refractivity contribution is 7.97. The predicted molar refractivity (Wildman–Crippen MR) is 64.0 cm³/mol. The van der Waals surface area contributed by atoms with E-state index in [0.717, 1.165) is 13.2 Å². The van der Waals surface area contributed by atoms with Crippen LogP contribution in [0, 0.1) is 6.92 Å². The zero-order chi connectivity index (χ0) is 10.5. The molecule has 0 radical (unpaired) electrons. The van der Waals surface area contributed by atoms with Crippen LogP contribution in [-0.4, -0.2) is 19.3 Å². The van der Waals surface area contributed by atoms with E-state index in [1.165, 1.54) is 23.3 Å². The average Bonchev–Trinajstić information content (AvgIpc) is 2.74. The highest BCUT2D eigenvalue weighted by Gasteiger charge is 2.14. The van der Waals surface area contributed by atoms with Crippen molar-refractivity contribution in [2.75, 3.05) is 13.2 Å². The fraction of sp³-hybridized carbons (Fsp3) is 0.500. The lowest BCUT2D eigenvalue weighted by atomic mass is 10.2. The van der Waals surface area contributed by atoms with Crippen LogP contribution in [0.25, 0.3) is 0 Å². The van der Waals surface area contributed by atoms with Crippen molar-refractivity contribution in [2.45, 2.75) is 30.8 Å². The number of benzene rings is 1. The lowest BCUT2D eigenvalue weighted by Crippen LogP contribution is -2.20. The SMILES string of the molecule is Cc1ccc(SNCC2CCCO2)cc1. The second-order valence-electron chi connectivity index (χ2n) is 3.90. The summed E-state index contributed by atoms with van der Waals surface area (Å²) in [5.41, 5.74) is 1.30. The Hall–Kier alpha value is -0.510. The maximum absolute atomic E-state index is 5.53. The molecule has 0 spiro atoms. The molecule has 0 aliphatic carbocycles. The zero-order valence-corrected chi connectivity index (χ0v) is 9.85. The lowest BCUT2D eigenvalue weighted by Gasteiger charge is -2.09. The van der Waals surface area contributed by atoms with E-state index in [9.17, 15) is 0 Å². The van der Waals surface area contributed by atoms with Crippen molar-refractivity contribution in [1.29, 1.82) is 0 Å². The van der Waals surface area contributed by atoms with Gasteiger partial charge in [-0.3, -0.25) is 4.72 Å². The van der Waals surface area contributed by atoms with Gasteiger partial charge < -0.3 is 4.74 Å². The summed E-state index contributed by atoms with van der Waals surface area (Å²) in [6, 6.07) is 8.55. The molecule has 1 unspecified atom stereocenters. The molecule has 2 nitrogen and oxygen atoms in total. The number of hydrogen-bond acceptors (Lipinski definition) is 3. The van der Waals surface area contributed by atoms with Crippen LogP contribution in [0.15, 0.2) is 29.2 Å². The first-order chi connectivity index (χ1) is 7.34. The molecule has 1 aliphatic rings. The van der Waals surface area contributed by atoms with E-state index >= 15 is 0 Å². The minimum absolute atomic E-state index is 0.419. The molecular formula is C12H17NOS. The summed E-state index contributed by atoms with van der Waals surface area (Å²) in [5.74, 6) is 0. The molecule has 0 bridgehead atoms. The smallest absolute Gasteiger partial charge is 0.0709 e. The Kier molecular flexibility index (Phi) is 4.06. The van der Waals surface area contributed by atoms with Gasteiger partial charge >= 0.3 is 0 Å². The third-order valence-electron chi connectivity index (χ3n) is 2.55. The van der Waals surface area contributed by atoms with E-state index in [1.54, 1.807) is 11.9 Å². The third kappa shape index (κ3) is 3.52. The Bertz CT molecular complexity index is 293. The average molecular weight is 223 g/mol. The fourth-order valence-electron chi connectivity index (χ4n) is 1.63. The van der Waals surface area contributed by atoms with E-state index in [0.29, 0.717) is 6.10 Å². The van der Waals surface area contributed by atoms with Crippen molar-refractivity contribution in [3.63, 3.8) is 0 Å². The van der Waals surface area contributed by atoms with E-state index in [-0.39, 0.29) is 0 Å². The first-order valence-electron chi connectivity index (χ1n) is 5.42. The highest BCUT2D eigenvalue weighted by atomic mass is 32.2. The molecule has 0 aromatic heterocycles. The standard InChI is InChI=1S/C12H17NOS/c1-10-4-6-12(7-5-10)15-13-9-11-3-2-8-14-11/h4-7,11,13H,2-3,8-9H2,1H3. The van der Waals surface area contributed by atoms with E-state index in [1.807, 2.05) is 0 Å². The Labute approximate surface area is 95.5 Å². The number of nitrogens with one attached hydrogen (secondary N) is 1. The first-order valence-corrected chi connectivity index (χ1v) is 6.24. The van der Waals surface area contributed by atoms with Crippen LogP contribution >= 0.6 is 11.9 Å². The predicted octanol–water partition coefficient (Wildman–Crippen LogP) is 2.77. The van der Waals surface area contributed by atoms with Crippen molar-refractivity contribution in [3.8, 4) is 0 Å². The normalized spacial score (nSPS) is 20.7. The van der Waals surface area contributed by atoms with Crippen LogP contribution in [-0.2, 0) is 4.74 Å². The lowest BCUT2D eigenvalue weighted by molar-refractivity contribution is 0.115. The van der Waals surface area contributed by atoms with Crippen LogP contribution in [0.5, 0.6) is 0 Å². The van der Waals surface area contributed by atoms with Crippen molar-refractivity contribution in [1.82, 2.24) is 4.72 Å². The number of aryl methyl sites for hydroxylation is 1. The molecule has 1 aromatic carbocycles. The molecule has 3 heteroatoms. The molecule has 82 valence electrons. The van der Waals surface area contributed by atoms with E-state index in [2.05, 4.69) is 35.9 Å². The summed E-state index contributed by atoms with van der Waals surface area (Å²) in [6.07, 6.45) is 2.83. The summed E-state index contributed by atoms with van der Waals surface area (Å²) >= 11 is 1.69. The van der Waals surface area contributed by atoms with Crippen LogP contribution in [0.2, 0.25) is 0 Å². The van der Waals surface area contributed by atoms with Gasteiger partial charge in [0.2, 0.25) is 0 Å². The highest BCUT2D eigenvalue weighted by Crippen LogP contribution is 2.16. The topological polar surface area (TPSA) is 21.3 Å². The molecular weight excluding hydrogens is 206 g/mol. The van der Waals surface area contributed by atoms with Gasteiger partial charge in [0.25, 0.3) is 0 Å². The Morgan fingerprint density at radius 2 is 2.20 bits per heavy atom. The number of hydrogen-bond donors (Lipinski definition) is 1. The zero-order valence-electron chi connectivity index (χ0n) is 9.03. The summed E-state index contributed by atoms with van der Waals surface area (Å²) in [7, 11) is 0. The quantitative estimate of drug-likeness (QED) is 0.793. The van der Waals surface area contributed by atoms with Gasteiger partial charge in [-0.2, -0.15) is 0 Å². The van der Waals surface area contributed by atoms with Gasteiger partial charge in [-0.15, -0.1) is 0 Å². The number of ether oxygens (including phenoxy) is 1. The summed E-state index contributed by atoms with van der Waals surface area (Å²) in [6.45, 7) is 3.98. The Balaban J connectivity index is 1.71. The summed E-state index contributed by atoms with van der Waals surface area (Å²) in [5, 5.41) is 0. The number of rotatable bonds is 4. The molecule has 1 atom stereocenters. The summed E-state index contributed by atoms with van der Waals surface area (Å²) in [4.78, 5) is 1.26. The van der Waals surface area contributed by atoms with Gasteiger partial charge in [0.05, 0.1) is 6.10 Å². The second kappa shape index (κ2) is 5.54. The van der Waals surface area contributed by atoms with Crippen LogP contribution in [0.4, 0.5) is 0 Å². The minimum atomic E-state index is 0.419. The Morgan fingerprint density at radius 3 is 2.87 bits per heavy atom. The van der Waals surface area contributed by atoms with Gasteiger partial charge in [-0.1, -0.05) is 17.7 Å². The molecule has 1 saturated heterocycles. The van der Waals surface area contributed by atoms with Crippen molar-refractivity contribution in [3.05, 3.63) is 29.8 Å². The van der Waals surface area contributed by atoms with Gasteiger partial charge in [-0.25, -0.2) is 0 Å². The van der Waals surface area contributed by atoms with Crippen LogP contribution < -0.4 is 4.72 Å². The molecule has 2 rings (SSSR count). The van der Waals surface area contributed by atoms with Gasteiger partial charge in [0.1, 0.15) is 0 Å². The van der Waals surface area contributed by atoms with Crippen LogP contribution in [0.1, 0.15) is 18.4 Å². The molecule has 1 fully saturated rings. The largest absolute Gasteiger partial charge is 0.377 e. The molecule has 1 heterocycles. The molecule has 1 aromatic rings. The maximum atomic E-state index is 5.53. The minimum Gasteiger partial charge on any atom is -0.377 e. The molecule has 0 saturated carbocycles. The monoisotopic (exact) mass is 223 g/mol. The van der Waals surface area contributed by atoms with Gasteiger partial charge in [-0.05, 0) is 43.8 Å². The van der Waals surface area contributed by atoms with Gasteiger partial charge in [0.15, 0.2) is 0 Å². The first kappa shape index (κ1) is 11.0. The summed E-state index contributed by atoms with van der Waals surface area (Å²) < 4.78 is 8.89. The Morgan fingerprint density at radius 1 is 1.40 bits per heavy atom. The van der Waals surface area contributed by atoms with Crippen molar-refractivity contribution in [2.24, 2.45) is 0 Å². The molecule has 1 N–H and O–H groups in total. The third-order valence-corrected chi connectivity index (χ3v) is 3.36. The van der Waals surface area contributed by atoms with E-state index < -0.39 is 0 Å². The van der Waals surface area contributed by atoms with E-state index in [4.69, 9.17) is 4.74 Å². The van der Waals surface area contributed by atoms with Crippen molar-refractivity contribution < 1.29 is 4.74 Å².